The molecular weight excluding hydrogens is 256 g/mol. The Bertz CT molecular complexity index is 206. The first-order valence-electron chi connectivity index (χ1n) is 7.22. The molecule has 0 amide bonds. The molecule has 3 nitrogen and oxygen atoms in total. The Balaban J connectivity index is 0.000000344. The molecule has 0 aliphatic carbocycles. The molecule has 2 N–H and O–H groups in total. The van der Waals surface area contributed by atoms with E-state index >= 15 is 0 Å². The zero-order valence-electron chi connectivity index (χ0n) is 12.2. The van der Waals surface area contributed by atoms with Crippen LogP contribution in [0.15, 0.2) is 24.8 Å². The van der Waals surface area contributed by atoms with Crippen molar-refractivity contribution in [2.24, 2.45) is 5.73 Å². The number of likely N-dealkylation sites (tertiary alicyclic amines) is 1. The molecule has 4 heteroatoms. The van der Waals surface area contributed by atoms with Crippen molar-refractivity contribution >= 4 is 11.8 Å². The van der Waals surface area contributed by atoms with Gasteiger partial charge in [-0.3, -0.25) is 4.90 Å². The summed E-state index contributed by atoms with van der Waals surface area (Å²) in [4.78, 5) is 2.42. The van der Waals surface area contributed by atoms with Gasteiger partial charge in [0.25, 0.3) is 0 Å². The van der Waals surface area contributed by atoms with Gasteiger partial charge in [-0.2, -0.15) is 0 Å². The van der Waals surface area contributed by atoms with Gasteiger partial charge in [-0.25, -0.2) is 0 Å². The lowest BCUT2D eigenvalue weighted by Gasteiger charge is -2.12. The van der Waals surface area contributed by atoms with Crippen LogP contribution in [0.3, 0.4) is 0 Å². The smallest absolute Gasteiger partial charge is 0.0999 e. The average molecular weight is 286 g/mol. The van der Waals surface area contributed by atoms with Crippen molar-refractivity contribution in [3.8, 4) is 0 Å². The second-order valence-electron chi connectivity index (χ2n) is 4.47. The Morgan fingerprint density at radius 3 is 2.47 bits per heavy atom. The fraction of sp³-hybridized carbons (Fsp3) is 0.733. The van der Waals surface area contributed by atoms with Crippen molar-refractivity contribution in [3.63, 3.8) is 0 Å². The van der Waals surface area contributed by atoms with E-state index in [0.29, 0.717) is 0 Å². The van der Waals surface area contributed by atoms with Crippen molar-refractivity contribution in [2.45, 2.75) is 32.1 Å². The molecule has 1 heterocycles. The first kappa shape index (κ1) is 18.6. The highest BCUT2D eigenvalue weighted by Crippen LogP contribution is 2.06. The third kappa shape index (κ3) is 13.8. The van der Waals surface area contributed by atoms with Crippen molar-refractivity contribution in [3.05, 3.63) is 24.8 Å². The summed E-state index contributed by atoms with van der Waals surface area (Å²) in [6.45, 7) is 12.3. The molecule has 19 heavy (non-hydrogen) atoms. The van der Waals surface area contributed by atoms with Crippen LogP contribution in [0.2, 0.25) is 0 Å². The molecule has 0 atom stereocenters. The molecule has 1 fully saturated rings. The van der Waals surface area contributed by atoms with Gasteiger partial charge in [0, 0.05) is 6.54 Å². The van der Waals surface area contributed by atoms with Gasteiger partial charge in [-0.15, -0.1) is 11.8 Å². The second kappa shape index (κ2) is 15.6. The zero-order valence-corrected chi connectivity index (χ0v) is 13.0. The topological polar surface area (TPSA) is 38.5 Å². The van der Waals surface area contributed by atoms with E-state index in [4.69, 9.17) is 10.5 Å². The van der Waals surface area contributed by atoms with Crippen molar-refractivity contribution < 1.29 is 4.74 Å². The van der Waals surface area contributed by atoms with E-state index in [1.807, 2.05) is 5.41 Å². The molecular formula is C15H30N2OS. The number of rotatable bonds is 10. The number of ether oxygens (including phenoxy) is 1. The van der Waals surface area contributed by atoms with Crippen LogP contribution >= 0.6 is 11.8 Å². The van der Waals surface area contributed by atoms with Gasteiger partial charge in [-0.05, 0) is 56.5 Å². The first-order valence-corrected chi connectivity index (χ1v) is 8.27. The van der Waals surface area contributed by atoms with Crippen LogP contribution in [-0.4, -0.2) is 43.4 Å². The van der Waals surface area contributed by atoms with Crippen LogP contribution in [0.1, 0.15) is 32.1 Å². The molecule has 0 radical (unpaired) electrons. The molecule has 0 saturated carbocycles. The minimum Gasteiger partial charge on any atom is -0.500 e. The maximum Gasteiger partial charge on any atom is 0.0999 e. The van der Waals surface area contributed by atoms with Crippen LogP contribution in [0.25, 0.3) is 0 Å². The maximum atomic E-state index is 5.32. The fourth-order valence-corrected chi connectivity index (χ4v) is 2.40. The summed E-state index contributed by atoms with van der Waals surface area (Å²) in [6.07, 6.45) is 7.92. The Morgan fingerprint density at radius 1 is 1.16 bits per heavy atom. The van der Waals surface area contributed by atoms with Gasteiger partial charge in [0.05, 0.1) is 12.9 Å². The van der Waals surface area contributed by atoms with E-state index in [9.17, 15) is 0 Å². The average Bonchev–Trinajstić information content (AvgIpc) is 2.93. The minimum absolute atomic E-state index is 0.795. The Labute approximate surface area is 123 Å². The van der Waals surface area contributed by atoms with Gasteiger partial charge in [-0.1, -0.05) is 19.6 Å². The predicted molar refractivity (Wildman–Crippen MR) is 87.4 cm³/mol. The quantitative estimate of drug-likeness (QED) is 0.494. The van der Waals surface area contributed by atoms with Crippen LogP contribution in [-0.2, 0) is 4.74 Å². The highest BCUT2D eigenvalue weighted by atomic mass is 32.2. The lowest BCUT2D eigenvalue weighted by atomic mass is 10.2. The predicted octanol–water partition coefficient (Wildman–Crippen LogP) is 3.23. The van der Waals surface area contributed by atoms with E-state index in [1.54, 1.807) is 11.8 Å². The first-order chi connectivity index (χ1) is 9.35. The zero-order chi connectivity index (χ0) is 14.2. The third-order valence-electron chi connectivity index (χ3n) is 2.93. The molecule has 0 unspecified atom stereocenters. The van der Waals surface area contributed by atoms with Crippen LogP contribution in [0.5, 0.6) is 0 Å². The van der Waals surface area contributed by atoms with Crippen LogP contribution in [0.4, 0.5) is 0 Å². The van der Waals surface area contributed by atoms with Crippen LogP contribution in [0, 0.1) is 0 Å². The molecule has 0 spiro atoms. The standard InChI is InChI=1S/C8H15NO.C7H15NS/c1-2-10-8-7-9-5-3-4-6-9;1-2-9-7-5-3-4-6-8/h2H,1,3-8H2;2H,1,3-8H2. The molecule has 0 aromatic rings. The maximum absolute atomic E-state index is 5.32. The molecule has 0 aromatic heterocycles. The number of nitrogens with two attached hydrogens (primary N) is 1. The Kier molecular flexibility index (Phi) is 15.2. The fourth-order valence-electron chi connectivity index (χ4n) is 1.86. The lowest BCUT2D eigenvalue weighted by molar-refractivity contribution is 0.197. The highest BCUT2D eigenvalue weighted by Gasteiger charge is 2.09. The summed E-state index contributed by atoms with van der Waals surface area (Å²) >= 11 is 1.78. The van der Waals surface area contributed by atoms with Gasteiger partial charge >= 0.3 is 0 Å². The largest absolute Gasteiger partial charge is 0.500 e. The van der Waals surface area contributed by atoms with Crippen molar-refractivity contribution in [1.29, 1.82) is 0 Å². The number of unbranched alkanes of at least 4 members (excludes halogenated alkanes) is 2. The van der Waals surface area contributed by atoms with Gasteiger partial charge in [0.15, 0.2) is 0 Å². The van der Waals surface area contributed by atoms with E-state index in [-0.39, 0.29) is 0 Å². The molecule has 112 valence electrons. The molecule has 0 aromatic carbocycles. The normalized spacial score (nSPS) is 14.6. The number of thioether (sulfide) groups is 1. The van der Waals surface area contributed by atoms with E-state index < -0.39 is 0 Å². The minimum atomic E-state index is 0.795. The van der Waals surface area contributed by atoms with E-state index in [0.717, 1.165) is 26.1 Å². The molecule has 0 bridgehead atoms. The summed E-state index contributed by atoms with van der Waals surface area (Å²) in [5.41, 5.74) is 5.32. The number of hydrogen-bond donors (Lipinski definition) is 1. The third-order valence-corrected chi connectivity index (χ3v) is 3.69. The molecule has 1 saturated heterocycles. The second-order valence-corrected chi connectivity index (χ2v) is 5.55. The lowest BCUT2D eigenvalue weighted by Crippen LogP contribution is -2.23. The summed E-state index contributed by atoms with van der Waals surface area (Å²) in [7, 11) is 0. The number of hydrogen-bond acceptors (Lipinski definition) is 4. The van der Waals surface area contributed by atoms with Gasteiger partial charge in [0.2, 0.25) is 0 Å². The van der Waals surface area contributed by atoms with Gasteiger partial charge in [0.1, 0.15) is 0 Å². The Hall–Kier alpha value is -0.450. The molecule has 1 aliphatic heterocycles. The number of nitrogens with zero attached hydrogens (tertiary/aromatic N) is 1. The van der Waals surface area contributed by atoms with E-state index in [1.165, 1.54) is 50.8 Å². The van der Waals surface area contributed by atoms with Crippen molar-refractivity contribution in [2.75, 3.05) is 38.5 Å². The highest BCUT2D eigenvalue weighted by molar-refractivity contribution is 8.02. The SMILES string of the molecule is C=COCCN1CCCC1.C=CSCCCCCN. The molecule has 1 aliphatic rings. The van der Waals surface area contributed by atoms with Crippen LogP contribution < -0.4 is 5.73 Å². The van der Waals surface area contributed by atoms with Crippen molar-refractivity contribution in [1.82, 2.24) is 4.90 Å². The monoisotopic (exact) mass is 286 g/mol. The summed E-state index contributed by atoms with van der Waals surface area (Å²) in [5.74, 6) is 1.20. The Morgan fingerprint density at radius 2 is 1.89 bits per heavy atom. The molecule has 1 rings (SSSR count). The van der Waals surface area contributed by atoms with E-state index in [2.05, 4.69) is 18.1 Å². The van der Waals surface area contributed by atoms with Gasteiger partial charge < -0.3 is 10.5 Å². The summed E-state index contributed by atoms with van der Waals surface area (Å²) in [6, 6.07) is 0. The summed E-state index contributed by atoms with van der Waals surface area (Å²) in [5, 5.41) is 1.89. The summed E-state index contributed by atoms with van der Waals surface area (Å²) < 4.78 is 5.02.